The van der Waals surface area contributed by atoms with Gasteiger partial charge in [0, 0.05) is 0 Å². The molecule has 2 amide bonds. The van der Waals surface area contributed by atoms with Crippen molar-refractivity contribution in [3.05, 3.63) is 40.7 Å². The van der Waals surface area contributed by atoms with E-state index in [1.165, 1.54) is 6.26 Å². The first kappa shape index (κ1) is 19.2. The summed E-state index contributed by atoms with van der Waals surface area (Å²) in [5.74, 6) is -1.19. The largest absolute Gasteiger partial charge is 0.480 e. The van der Waals surface area contributed by atoms with Crippen LogP contribution in [0.15, 0.2) is 28.9 Å². The van der Waals surface area contributed by atoms with Gasteiger partial charge in [0.2, 0.25) is 0 Å². The van der Waals surface area contributed by atoms with E-state index in [4.69, 9.17) is 4.42 Å². The van der Waals surface area contributed by atoms with E-state index in [1.54, 1.807) is 25.1 Å². The summed E-state index contributed by atoms with van der Waals surface area (Å²) >= 11 is 1.11. The molecule has 3 N–H and O–H groups in total. The molecular weight excluding hydrogens is 368 g/mol. The molecule has 7 nitrogen and oxygen atoms in total. The minimum atomic E-state index is -1.22. The van der Waals surface area contributed by atoms with Gasteiger partial charge >= 0.3 is 5.97 Å². The number of anilines is 1. The van der Waals surface area contributed by atoms with Crippen LogP contribution in [0.2, 0.25) is 0 Å². The first-order valence-corrected chi connectivity index (χ1v) is 9.63. The fourth-order valence-corrected chi connectivity index (χ4v) is 4.23. The summed E-state index contributed by atoms with van der Waals surface area (Å²) in [7, 11) is 0. The van der Waals surface area contributed by atoms with Gasteiger partial charge < -0.3 is 20.2 Å². The van der Waals surface area contributed by atoms with Crippen molar-refractivity contribution in [2.75, 3.05) is 5.32 Å². The van der Waals surface area contributed by atoms with Crippen LogP contribution in [0.3, 0.4) is 0 Å². The van der Waals surface area contributed by atoms with Crippen molar-refractivity contribution in [2.24, 2.45) is 5.92 Å². The quantitative estimate of drug-likeness (QED) is 0.722. The van der Waals surface area contributed by atoms with Gasteiger partial charge in [0.05, 0.1) is 16.1 Å². The Bertz CT molecular complexity index is 848. The summed E-state index contributed by atoms with van der Waals surface area (Å²) in [6.45, 7) is 3.84. The van der Waals surface area contributed by atoms with Crippen LogP contribution in [-0.2, 0) is 4.79 Å². The Kier molecular flexibility index (Phi) is 5.36. The number of aryl methyl sites for hydroxylation is 1. The van der Waals surface area contributed by atoms with Crippen molar-refractivity contribution in [3.63, 3.8) is 0 Å². The second kappa shape index (κ2) is 7.56. The van der Waals surface area contributed by atoms with E-state index in [-0.39, 0.29) is 5.76 Å². The number of furan rings is 1. The third kappa shape index (κ3) is 4.05. The lowest BCUT2D eigenvalue weighted by atomic mass is 9.77. The second-order valence-electron chi connectivity index (χ2n) is 7.08. The molecule has 8 heteroatoms. The number of carboxylic acid groups (broad SMARTS) is 1. The van der Waals surface area contributed by atoms with E-state index in [2.05, 4.69) is 17.6 Å². The summed E-state index contributed by atoms with van der Waals surface area (Å²) < 4.78 is 5.05. The molecule has 0 radical (unpaired) electrons. The van der Waals surface area contributed by atoms with Crippen molar-refractivity contribution in [1.29, 1.82) is 0 Å². The molecule has 1 aliphatic carbocycles. The lowest BCUT2D eigenvalue weighted by Gasteiger charge is -2.36. The fourth-order valence-electron chi connectivity index (χ4n) is 3.27. The van der Waals surface area contributed by atoms with Crippen LogP contribution < -0.4 is 10.6 Å². The maximum absolute atomic E-state index is 12.8. The monoisotopic (exact) mass is 390 g/mol. The molecule has 1 saturated carbocycles. The molecule has 0 atom stereocenters. The Balaban J connectivity index is 1.74. The highest BCUT2D eigenvalue weighted by Gasteiger charge is 2.43. The van der Waals surface area contributed by atoms with Crippen LogP contribution in [0.25, 0.3) is 0 Å². The van der Waals surface area contributed by atoms with E-state index in [0.717, 1.165) is 24.2 Å². The number of rotatable bonds is 5. The third-order valence-electron chi connectivity index (χ3n) is 5.00. The molecule has 0 aliphatic heterocycles. The normalized spacial score (nSPS) is 22.2. The van der Waals surface area contributed by atoms with Gasteiger partial charge in [0.1, 0.15) is 5.54 Å². The highest BCUT2D eigenvalue weighted by Crippen LogP contribution is 2.34. The fraction of sp³-hybridized carbons (Fsp3) is 0.421. The van der Waals surface area contributed by atoms with Gasteiger partial charge in [-0.05, 0) is 62.3 Å². The van der Waals surface area contributed by atoms with Gasteiger partial charge in [-0.15, -0.1) is 11.3 Å². The molecule has 2 aromatic rings. The molecule has 2 heterocycles. The summed E-state index contributed by atoms with van der Waals surface area (Å²) in [6, 6.07) is 4.85. The van der Waals surface area contributed by atoms with Crippen molar-refractivity contribution < 1.29 is 23.9 Å². The Morgan fingerprint density at radius 1 is 1.26 bits per heavy atom. The number of carbonyl (C=O) groups is 3. The zero-order valence-corrected chi connectivity index (χ0v) is 16.0. The predicted octanol–water partition coefficient (Wildman–Crippen LogP) is 3.67. The van der Waals surface area contributed by atoms with Crippen molar-refractivity contribution in [1.82, 2.24) is 5.32 Å². The highest BCUT2D eigenvalue weighted by molar-refractivity contribution is 7.18. The highest BCUT2D eigenvalue weighted by atomic mass is 32.1. The number of aliphatic carboxylic acids is 1. The van der Waals surface area contributed by atoms with E-state index < -0.39 is 23.3 Å². The SMILES string of the molecule is Cc1cc(NC(=O)c2ccco2)sc1C(=O)NC1(C(=O)O)CCC(C)CC1. The van der Waals surface area contributed by atoms with Crippen LogP contribution >= 0.6 is 11.3 Å². The summed E-state index contributed by atoms with van der Waals surface area (Å²) in [5, 5.41) is 15.6. The smallest absolute Gasteiger partial charge is 0.329 e. The molecule has 3 rings (SSSR count). The van der Waals surface area contributed by atoms with Gasteiger partial charge in [-0.2, -0.15) is 0 Å². The summed E-state index contributed by atoms with van der Waals surface area (Å²) in [5.41, 5.74) is -0.547. The van der Waals surface area contributed by atoms with Gasteiger partial charge in [-0.25, -0.2) is 4.79 Å². The Hall–Kier alpha value is -2.61. The standard InChI is InChI=1S/C19H22N2O5S/c1-11-5-7-19(8-6-11,18(24)25)21-17(23)15-12(2)10-14(27-15)20-16(22)13-4-3-9-26-13/h3-4,9-11H,5-8H2,1-2H3,(H,20,22)(H,21,23)(H,24,25). The zero-order valence-electron chi connectivity index (χ0n) is 15.2. The summed E-state index contributed by atoms with van der Waals surface area (Å²) in [6.07, 6.45) is 3.77. The van der Waals surface area contributed by atoms with Crippen LogP contribution in [0.5, 0.6) is 0 Å². The molecule has 0 saturated heterocycles. The van der Waals surface area contributed by atoms with Gasteiger partial charge in [0.15, 0.2) is 5.76 Å². The minimum Gasteiger partial charge on any atom is -0.480 e. The molecule has 1 aliphatic rings. The average Bonchev–Trinajstić information content (AvgIpc) is 3.27. The number of hydrogen-bond acceptors (Lipinski definition) is 5. The van der Waals surface area contributed by atoms with E-state index in [1.807, 2.05) is 0 Å². The van der Waals surface area contributed by atoms with Crippen molar-refractivity contribution in [3.8, 4) is 0 Å². The molecule has 0 aromatic carbocycles. The Labute approximate surface area is 160 Å². The molecule has 0 spiro atoms. The number of nitrogens with one attached hydrogen (secondary N) is 2. The predicted molar refractivity (Wildman–Crippen MR) is 101 cm³/mol. The first-order valence-electron chi connectivity index (χ1n) is 8.82. The van der Waals surface area contributed by atoms with Crippen LogP contribution in [-0.4, -0.2) is 28.4 Å². The second-order valence-corrected chi connectivity index (χ2v) is 8.13. The zero-order chi connectivity index (χ0) is 19.6. The van der Waals surface area contributed by atoms with E-state index in [9.17, 15) is 19.5 Å². The van der Waals surface area contributed by atoms with Crippen molar-refractivity contribution in [2.45, 2.75) is 45.1 Å². The first-order chi connectivity index (χ1) is 12.8. The van der Waals surface area contributed by atoms with E-state index >= 15 is 0 Å². The van der Waals surface area contributed by atoms with Gasteiger partial charge in [-0.1, -0.05) is 6.92 Å². The van der Waals surface area contributed by atoms with Gasteiger partial charge in [-0.3, -0.25) is 9.59 Å². The lowest BCUT2D eigenvalue weighted by molar-refractivity contribution is -0.146. The van der Waals surface area contributed by atoms with Crippen LogP contribution in [0.4, 0.5) is 5.00 Å². The minimum absolute atomic E-state index is 0.174. The Morgan fingerprint density at radius 3 is 2.56 bits per heavy atom. The molecule has 2 aromatic heterocycles. The van der Waals surface area contributed by atoms with E-state index in [0.29, 0.717) is 34.2 Å². The molecule has 0 unspecified atom stereocenters. The maximum atomic E-state index is 12.8. The van der Waals surface area contributed by atoms with Crippen LogP contribution in [0.1, 0.15) is 58.4 Å². The molecule has 144 valence electrons. The summed E-state index contributed by atoms with van der Waals surface area (Å²) in [4.78, 5) is 37.1. The third-order valence-corrected chi connectivity index (χ3v) is 6.15. The maximum Gasteiger partial charge on any atom is 0.329 e. The number of amides is 2. The molecular formula is C19H22N2O5S. The molecule has 27 heavy (non-hydrogen) atoms. The molecule has 1 fully saturated rings. The number of carboxylic acids is 1. The molecule has 0 bridgehead atoms. The number of hydrogen-bond donors (Lipinski definition) is 3. The lowest BCUT2D eigenvalue weighted by Crippen LogP contribution is -2.56. The number of carbonyl (C=O) groups excluding carboxylic acids is 2. The van der Waals surface area contributed by atoms with Crippen molar-refractivity contribution >= 4 is 34.1 Å². The topological polar surface area (TPSA) is 109 Å². The van der Waals surface area contributed by atoms with Gasteiger partial charge in [0.25, 0.3) is 11.8 Å². The van der Waals surface area contributed by atoms with Crippen LogP contribution in [0, 0.1) is 12.8 Å². The average molecular weight is 390 g/mol. The Morgan fingerprint density at radius 2 is 1.96 bits per heavy atom. The number of thiophene rings is 1.